The van der Waals surface area contributed by atoms with Gasteiger partial charge < -0.3 is 14.2 Å². The molecule has 4 rings (SSSR count). The SMILES string of the molecule is Cc1cc(C)n(CCOCc2cc(COCCn3nc(C)cc3C)cc(COCCn3nc(C)cc3C)c2)n1. The van der Waals surface area contributed by atoms with Gasteiger partial charge in [0.1, 0.15) is 0 Å². The Morgan fingerprint density at radius 1 is 0.462 bits per heavy atom. The summed E-state index contributed by atoms with van der Waals surface area (Å²) >= 11 is 0. The Morgan fingerprint density at radius 2 is 0.744 bits per heavy atom. The Hall–Kier alpha value is -3.27. The van der Waals surface area contributed by atoms with Crippen LogP contribution in [-0.2, 0) is 53.7 Å². The molecule has 0 amide bonds. The third kappa shape index (κ3) is 8.61. The zero-order chi connectivity index (χ0) is 27.8. The van der Waals surface area contributed by atoms with Crippen molar-refractivity contribution in [3.05, 3.63) is 87.3 Å². The van der Waals surface area contributed by atoms with Crippen LogP contribution in [0.5, 0.6) is 0 Å². The highest BCUT2D eigenvalue weighted by atomic mass is 16.5. The van der Waals surface area contributed by atoms with Crippen molar-refractivity contribution in [1.82, 2.24) is 29.3 Å². The first-order valence-electron chi connectivity index (χ1n) is 13.6. The Morgan fingerprint density at radius 3 is 0.974 bits per heavy atom. The Balaban J connectivity index is 1.32. The number of hydrogen-bond acceptors (Lipinski definition) is 6. The van der Waals surface area contributed by atoms with Crippen molar-refractivity contribution >= 4 is 0 Å². The minimum atomic E-state index is 0.525. The van der Waals surface area contributed by atoms with Gasteiger partial charge in [0.05, 0.1) is 76.4 Å². The molecule has 9 heteroatoms. The van der Waals surface area contributed by atoms with Crippen LogP contribution in [0.2, 0.25) is 0 Å². The molecule has 0 saturated carbocycles. The average Bonchev–Trinajstić information content (AvgIpc) is 3.50. The van der Waals surface area contributed by atoms with Gasteiger partial charge in [0, 0.05) is 17.1 Å². The molecule has 0 unspecified atom stereocenters. The third-order valence-corrected chi connectivity index (χ3v) is 6.57. The largest absolute Gasteiger partial charge is 0.375 e. The van der Waals surface area contributed by atoms with E-state index in [2.05, 4.69) is 72.5 Å². The summed E-state index contributed by atoms with van der Waals surface area (Å²) in [6.45, 7) is 17.8. The molecule has 0 spiro atoms. The van der Waals surface area contributed by atoms with Gasteiger partial charge in [-0.15, -0.1) is 0 Å². The number of aryl methyl sites for hydroxylation is 6. The molecule has 0 bridgehead atoms. The molecule has 0 aliphatic rings. The molecule has 39 heavy (non-hydrogen) atoms. The molecule has 4 aromatic rings. The summed E-state index contributed by atoms with van der Waals surface area (Å²) in [6.07, 6.45) is 0. The van der Waals surface area contributed by atoms with E-state index >= 15 is 0 Å². The second kappa shape index (κ2) is 13.7. The lowest BCUT2D eigenvalue weighted by molar-refractivity contribution is 0.103. The van der Waals surface area contributed by atoms with Crippen LogP contribution < -0.4 is 0 Å². The Bertz CT molecular complexity index is 1180. The van der Waals surface area contributed by atoms with Gasteiger partial charge in [0.15, 0.2) is 0 Å². The van der Waals surface area contributed by atoms with Crippen LogP contribution in [0.3, 0.4) is 0 Å². The van der Waals surface area contributed by atoms with E-state index in [1.807, 2.05) is 34.8 Å². The smallest absolute Gasteiger partial charge is 0.0718 e. The summed E-state index contributed by atoms with van der Waals surface area (Å²) in [5, 5.41) is 13.5. The highest BCUT2D eigenvalue weighted by Gasteiger charge is 2.07. The molecule has 210 valence electrons. The molecule has 1 aromatic carbocycles. The molecule has 0 radical (unpaired) electrons. The van der Waals surface area contributed by atoms with Crippen LogP contribution in [-0.4, -0.2) is 49.2 Å². The lowest BCUT2D eigenvalue weighted by Gasteiger charge is -2.13. The minimum Gasteiger partial charge on any atom is -0.375 e. The van der Waals surface area contributed by atoms with Crippen LogP contribution in [0, 0.1) is 41.5 Å². The number of ether oxygens (including phenoxy) is 3. The van der Waals surface area contributed by atoms with Crippen molar-refractivity contribution in [2.24, 2.45) is 0 Å². The molecular weight excluding hydrogens is 492 g/mol. The number of nitrogens with zero attached hydrogens (tertiary/aromatic N) is 6. The van der Waals surface area contributed by atoms with Crippen LogP contribution in [0.1, 0.15) is 50.9 Å². The summed E-state index contributed by atoms with van der Waals surface area (Å²) in [5.74, 6) is 0. The van der Waals surface area contributed by atoms with Gasteiger partial charge >= 0.3 is 0 Å². The molecule has 0 aliphatic carbocycles. The van der Waals surface area contributed by atoms with Gasteiger partial charge in [-0.25, -0.2) is 0 Å². The zero-order valence-corrected chi connectivity index (χ0v) is 24.2. The van der Waals surface area contributed by atoms with E-state index in [1.165, 1.54) is 0 Å². The number of hydrogen-bond donors (Lipinski definition) is 0. The van der Waals surface area contributed by atoms with Gasteiger partial charge in [-0.2, -0.15) is 15.3 Å². The summed E-state index contributed by atoms with van der Waals surface area (Å²) in [6, 6.07) is 12.7. The van der Waals surface area contributed by atoms with Crippen molar-refractivity contribution in [3.63, 3.8) is 0 Å². The predicted molar refractivity (Wildman–Crippen MR) is 151 cm³/mol. The first-order valence-corrected chi connectivity index (χ1v) is 13.6. The molecular formula is C30H42N6O3. The fraction of sp³-hybridized carbons (Fsp3) is 0.500. The van der Waals surface area contributed by atoms with E-state index in [-0.39, 0.29) is 0 Å². The lowest BCUT2D eigenvalue weighted by atomic mass is 10.1. The quantitative estimate of drug-likeness (QED) is 0.204. The van der Waals surface area contributed by atoms with E-state index in [9.17, 15) is 0 Å². The Kier molecular flexibility index (Phi) is 10.1. The predicted octanol–water partition coefficient (Wildman–Crippen LogP) is 4.78. The molecule has 0 fully saturated rings. The maximum Gasteiger partial charge on any atom is 0.0718 e. The monoisotopic (exact) mass is 534 g/mol. The van der Waals surface area contributed by atoms with Gasteiger partial charge in [0.2, 0.25) is 0 Å². The van der Waals surface area contributed by atoms with Crippen LogP contribution in [0.4, 0.5) is 0 Å². The van der Waals surface area contributed by atoms with Crippen LogP contribution >= 0.6 is 0 Å². The molecule has 9 nitrogen and oxygen atoms in total. The summed E-state index contributed by atoms with van der Waals surface area (Å²) in [7, 11) is 0. The van der Waals surface area contributed by atoms with Crippen LogP contribution in [0.15, 0.2) is 36.4 Å². The molecule has 3 aromatic heterocycles. The lowest BCUT2D eigenvalue weighted by Crippen LogP contribution is -2.11. The first-order chi connectivity index (χ1) is 18.8. The normalized spacial score (nSPS) is 11.5. The molecule has 0 aliphatic heterocycles. The molecule has 3 heterocycles. The van der Waals surface area contributed by atoms with Gasteiger partial charge in [0.25, 0.3) is 0 Å². The van der Waals surface area contributed by atoms with Crippen molar-refractivity contribution in [2.75, 3.05) is 19.8 Å². The fourth-order valence-electron chi connectivity index (χ4n) is 4.82. The topological polar surface area (TPSA) is 81.1 Å². The van der Waals surface area contributed by atoms with Crippen molar-refractivity contribution in [2.45, 2.75) is 81.0 Å². The van der Waals surface area contributed by atoms with Crippen molar-refractivity contribution < 1.29 is 14.2 Å². The zero-order valence-electron chi connectivity index (χ0n) is 24.2. The summed E-state index contributed by atoms with van der Waals surface area (Å²) in [5.41, 5.74) is 9.86. The van der Waals surface area contributed by atoms with Gasteiger partial charge in [-0.05, 0) is 76.4 Å². The Labute approximate surface area is 231 Å². The van der Waals surface area contributed by atoms with Crippen molar-refractivity contribution in [1.29, 1.82) is 0 Å². The van der Waals surface area contributed by atoms with Gasteiger partial charge in [-0.3, -0.25) is 14.0 Å². The van der Waals surface area contributed by atoms with E-state index in [1.54, 1.807) is 0 Å². The van der Waals surface area contributed by atoms with Crippen molar-refractivity contribution in [3.8, 4) is 0 Å². The van der Waals surface area contributed by atoms with Crippen LogP contribution in [0.25, 0.3) is 0 Å². The third-order valence-electron chi connectivity index (χ3n) is 6.57. The van der Waals surface area contributed by atoms with E-state index in [4.69, 9.17) is 14.2 Å². The highest BCUT2D eigenvalue weighted by molar-refractivity contribution is 5.29. The highest BCUT2D eigenvalue weighted by Crippen LogP contribution is 2.15. The maximum absolute atomic E-state index is 6.03. The molecule has 0 N–H and O–H groups in total. The van der Waals surface area contributed by atoms with Gasteiger partial charge in [-0.1, -0.05) is 18.2 Å². The standard InChI is InChI=1S/C30H42N6O3/c1-22-13-25(4)34(31-22)7-10-37-19-28-16-29(20-38-11-8-35-26(5)14-23(2)32-35)18-30(17-28)21-39-12-9-36-27(6)15-24(3)33-36/h13-18H,7-12,19-21H2,1-6H3. The van der Waals surface area contributed by atoms with E-state index in [0.29, 0.717) is 39.6 Å². The summed E-state index contributed by atoms with van der Waals surface area (Å²) < 4.78 is 24.1. The first kappa shape index (κ1) is 28.7. The second-order valence-corrected chi connectivity index (χ2v) is 10.3. The summed E-state index contributed by atoms with van der Waals surface area (Å²) in [4.78, 5) is 0. The molecule has 0 saturated heterocycles. The average molecular weight is 535 g/mol. The maximum atomic E-state index is 6.03. The number of rotatable bonds is 15. The molecule has 0 atom stereocenters. The second-order valence-electron chi connectivity index (χ2n) is 10.3. The van der Waals surface area contributed by atoms with E-state index in [0.717, 1.165) is 70.5 Å². The fourth-order valence-corrected chi connectivity index (χ4v) is 4.82. The number of benzene rings is 1. The minimum absolute atomic E-state index is 0.525. The number of aromatic nitrogens is 6. The van der Waals surface area contributed by atoms with E-state index < -0.39 is 0 Å².